The Balaban J connectivity index is 1.61. The molecule has 0 radical (unpaired) electrons. The average molecular weight is 458 g/mol. The van der Waals surface area contributed by atoms with Crippen LogP contribution in [-0.4, -0.2) is 36.2 Å². The van der Waals surface area contributed by atoms with Gasteiger partial charge < -0.3 is 15.5 Å². The van der Waals surface area contributed by atoms with E-state index in [4.69, 9.17) is 5.26 Å². The summed E-state index contributed by atoms with van der Waals surface area (Å²) in [5.41, 5.74) is -0.245. The second-order valence-electron chi connectivity index (χ2n) is 8.56. The Labute approximate surface area is 188 Å². The molecule has 0 aliphatic carbocycles. The quantitative estimate of drug-likeness (QED) is 0.675. The standard InChI is InChI=1S/C24H22F4N4O/c1-13-8-14(2)19(9-18(13)20-21(24(26,27)28)31-15(3)30-20)22(33)32-11-23(25,12-32)17-6-4-16(10-29)5-7-17/h4-9,15,30-31H,11-12H2,1-3H3. The first-order valence-corrected chi connectivity index (χ1v) is 10.4. The molecule has 5 nitrogen and oxygen atoms in total. The number of hydrogen-bond acceptors (Lipinski definition) is 4. The van der Waals surface area contributed by atoms with E-state index in [-0.39, 0.29) is 29.9 Å². The number of hydrogen-bond donors (Lipinski definition) is 2. The highest BCUT2D eigenvalue weighted by molar-refractivity contribution is 5.97. The molecule has 2 N–H and O–H groups in total. The summed E-state index contributed by atoms with van der Waals surface area (Å²) in [6.45, 7) is 4.61. The van der Waals surface area contributed by atoms with Crippen molar-refractivity contribution in [2.75, 3.05) is 13.1 Å². The van der Waals surface area contributed by atoms with Crippen LogP contribution in [0.25, 0.3) is 5.70 Å². The number of amides is 1. The number of rotatable bonds is 3. The predicted molar refractivity (Wildman–Crippen MR) is 114 cm³/mol. The molecule has 2 heterocycles. The van der Waals surface area contributed by atoms with Crippen molar-refractivity contribution in [3.05, 3.63) is 75.5 Å². The smallest absolute Gasteiger partial charge is 0.363 e. The first-order valence-electron chi connectivity index (χ1n) is 10.4. The zero-order valence-corrected chi connectivity index (χ0v) is 18.3. The molecule has 1 unspecified atom stereocenters. The van der Waals surface area contributed by atoms with Gasteiger partial charge >= 0.3 is 6.18 Å². The number of aryl methyl sites for hydroxylation is 2. The van der Waals surface area contributed by atoms with Crippen LogP contribution in [0.5, 0.6) is 0 Å². The molecule has 1 fully saturated rings. The van der Waals surface area contributed by atoms with Crippen molar-refractivity contribution in [3.63, 3.8) is 0 Å². The van der Waals surface area contributed by atoms with Crippen molar-refractivity contribution in [1.29, 1.82) is 5.26 Å². The number of carbonyl (C=O) groups excluding carboxylic acids is 1. The van der Waals surface area contributed by atoms with Crippen molar-refractivity contribution in [1.82, 2.24) is 15.5 Å². The largest absolute Gasteiger partial charge is 0.433 e. The molecule has 1 saturated heterocycles. The molecular weight excluding hydrogens is 436 g/mol. The van der Waals surface area contributed by atoms with Crippen molar-refractivity contribution < 1.29 is 22.4 Å². The van der Waals surface area contributed by atoms with Crippen LogP contribution < -0.4 is 10.6 Å². The third-order valence-corrected chi connectivity index (χ3v) is 6.03. The van der Waals surface area contributed by atoms with E-state index < -0.39 is 29.6 Å². The Kier molecular flexibility index (Phi) is 5.35. The van der Waals surface area contributed by atoms with Gasteiger partial charge in [-0.25, -0.2) is 4.39 Å². The van der Waals surface area contributed by atoms with Crippen LogP contribution in [0.2, 0.25) is 0 Å². The average Bonchev–Trinajstić information content (AvgIpc) is 3.13. The number of nitrogens with one attached hydrogen (secondary N) is 2. The summed E-state index contributed by atoms with van der Waals surface area (Å²) in [5, 5.41) is 14.1. The molecule has 0 bridgehead atoms. The Morgan fingerprint density at radius 1 is 1.12 bits per heavy atom. The lowest BCUT2D eigenvalue weighted by Gasteiger charge is -2.45. The van der Waals surface area contributed by atoms with Gasteiger partial charge in [0.15, 0.2) is 5.67 Å². The Morgan fingerprint density at radius 2 is 1.76 bits per heavy atom. The van der Waals surface area contributed by atoms with Crippen LogP contribution in [0.1, 0.15) is 45.1 Å². The molecule has 1 amide bonds. The topological polar surface area (TPSA) is 68.2 Å². The maximum atomic E-state index is 15.3. The highest BCUT2D eigenvalue weighted by Gasteiger charge is 2.48. The molecule has 2 aliphatic rings. The van der Waals surface area contributed by atoms with E-state index in [2.05, 4.69) is 10.6 Å². The second kappa shape index (κ2) is 7.80. The summed E-state index contributed by atoms with van der Waals surface area (Å²) in [4.78, 5) is 14.5. The molecule has 0 aromatic heterocycles. The molecule has 2 aromatic rings. The Hall–Kier alpha value is -3.54. The van der Waals surface area contributed by atoms with E-state index >= 15 is 4.39 Å². The normalized spacial score (nSPS) is 19.5. The molecule has 2 aliphatic heterocycles. The third kappa shape index (κ3) is 4.01. The van der Waals surface area contributed by atoms with E-state index in [0.717, 1.165) is 0 Å². The van der Waals surface area contributed by atoms with Gasteiger partial charge in [0.2, 0.25) is 0 Å². The van der Waals surface area contributed by atoms with Crippen LogP contribution >= 0.6 is 0 Å². The predicted octanol–water partition coefficient (Wildman–Crippen LogP) is 4.27. The number of alkyl halides is 4. The monoisotopic (exact) mass is 458 g/mol. The fraction of sp³-hybridized carbons (Fsp3) is 0.333. The minimum atomic E-state index is -4.58. The van der Waals surface area contributed by atoms with Gasteiger partial charge in [-0.2, -0.15) is 18.4 Å². The number of likely N-dealkylation sites (tertiary alicyclic amines) is 1. The number of carbonyl (C=O) groups is 1. The molecule has 0 spiro atoms. The van der Waals surface area contributed by atoms with Crippen molar-refractivity contribution >= 4 is 11.6 Å². The van der Waals surface area contributed by atoms with Crippen molar-refractivity contribution in [2.45, 2.75) is 38.8 Å². The fourth-order valence-corrected chi connectivity index (χ4v) is 4.30. The zero-order chi connectivity index (χ0) is 24.1. The molecule has 4 rings (SSSR count). The zero-order valence-electron chi connectivity index (χ0n) is 18.3. The van der Waals surface area contributed by atoms with Gasteiger partial charge in [-0.1, -0.05) is 18.2 Å². The van der Waals surface area contributed by atoms with E-state index in [1.54, 1.807) is 26.8 Å². The number of halogens is 4. The summed E-state index contributed by atoms with van der Waals surface area (Å²) in [6.07, 6.45) is -5.20. The number of allylic oxidation sites excluding steroid dienone is 1. The lowest BCUT2D eigenvalue weighted by molar-refractivity contribution is -0.0956. The summed E-state index contributed by atoms with van der Waals surface area (Å²) in [5.74, 6) is -0.441. The van der Waals surface area contributed by atoms with Gasteiger partial charge in [-0.05, 0) is 55.7 Å². The minimum Gasteiger partial charge on any atom is -0.363 e. The molecular formula is C24H22F4N4O. The van der Waals surface area contributed by atoms with Crippen LogP contribution in [0, 0.1) is 25.2 Å². The maximum absolute atomic E-state index is 15.3. The van der Waals surface area contributed by atoms with Crippen LogP contribution in [-0.2, 0) is 5.67 Å². The molecule has 9 heteroatoms. The maximum Gasteiger partial charge on any atom is 0.433 e. The summed E-state index contributed by atoms with van der Waals surface area (Å²) >= 11 is 0. The lowest BCUT2D eigenvalue weighted by Crippen LogP contribution is -2.58. The summed E-state index contributed by atoms with van der Waals surface area (Å²) in [6, 6.07) is 11.2. The van der Waals surface area contributed by atoms with Gasteiger partial charge in [0.25, 0.3) is 5.91 Å². The first kappa shape index (κ1) is 22.6. The van der Waals surface area contributed by atoms with E-state index in [0.29, 0.717) is 22.3 Å². The summed E-state index contributed by atoms with van der Waals surface area (Å²) < 4.78 is 55.9. The van der Waals surface area contributed by atoms with Crippen LogP contribution in [0.4, 0.5) is 17.6 Å². The van der Waals surface area contributed by atoms with Crippen molar-refractivity contribution in [3.8, 4) is 6.07 Å². The highest BCUT2D eigenvalue weighted by atomic mass is 19.4. The highest BCUT2D eigenvalue weighted by Crippen LogP contribution is 2.38. The molecule has 172 valence electrons. The second-order valence-corrected chi connectivity index (χ2v) is 8.56. The molecule has 1 atom stereocenters. The minimum absolute atomic E-state index is 0.109. The Morgan fingerprint density at radius 3 is 2.33 bits per heavy atom. The van der Waals surface area contributed by atoms with Gasteiger partial charge in [-0.3, -0.25) is 4.79 Å². The van der Waals surface area contributed by atoms with Gasteiger partial charge in [0, 0.05) is 11.1 Å². The lowest BCUT2D eigenvalue weighted by atomic mass is 9.86. The van der Waals surface area contributed by atoms with Crippen LogP contribution in [0.3, 0.4) is 0 Å². The van der Waals surface area contributed by atoms with Crippen molar-refractivity contribution in [2.24, 2.45) is 0 Å². The Bertz CT molecular complexity index is 1190. The van der Waals surface area contributed by atoms with Gasteiger partial charge in [0.1, 0.15) is 5.70 Å². The third-order valence-electron chi connectivity index (χ3n) is 6.03. The van der Waals surface area contributed by atoms with E-state index in [1.165, 1.54) is 35.2 Å². The fourth-order valence-electron chi connectivity index (χ4n) is 4.30. The SMILES string of the molecule is Cc1cc(C)c(C2=C(C(F)(F)F)NC(C)N2)cc1C(=O)N1CC(F)(c2ccc(C#N)cc2)C1. The summed E-state index contributed by atoms with van der Waals surface area (Å²) in [7, 11) is 0. The first-order chi connectivity index (χ1) is 15.4. The number of nitrogens with zero attached hydrogens (tertiary/aromatic N) is 2. The number of benzene rings is 2. The van der Waals surface area contributed by atoms with E-state index in [9.17, 15) is 18.0 Å². The number of nitriles is 1. The van der Waals surface area contributed by atoms with Gasteiger partial charge in [-0.15, -0.1) is 0 Å². The molecule has 33 heavy (non-hydrogen) atoms. The van der Waals surface area contributed by atoms with Crippen LogP contribution in [0.15, 0.2) is 42.1 Å². The van der Waals surface area contributed by atoms with Gasteiger partial charge in [0.05, 0.1) is 36.6 Å². The van der Waals surface area contributed by atoms with E-state index in [1.807, 2.05) is 6.07 Å². The molecule has 0 saturated carbocycles. The molecule has 2 aromatic carbocycles.